The number of aromatic nitrogens is 2. The van der Waals surface area contributed by atoms with Gasteiger partial charge < -0.3 is 15.4 Å². The van der Waals surface area contributed by atoms with Gasteiger partial charge in [-0.25, -0.2) is 14.4 Å². The zero-order chi connectivity index (χ0) is 24.9. The van der Waals surface area contributed by atoms with Gasteiger partial charge in [0.05, 0.1) is 33.8 Å². The van der Waals surface area contributed by atoms with Crippen LogP contribution in [0.2, 0.25) is 5.02 Å². The summed E-state index contributed by atoms with van der Waals surface area (Å²) >= 11 is 5.87. The van der Waals surface area contributed by atoms with Gasteiger partial charge in [0.2, 0.25) is 5.91 Å². The summed E-state index contributed by atoms with van der Waals surface area (Å²) < 4.78 is 18.9. The molecule has 4 rings (SSSR count). The van der Waals surface area contributed by atoms with E-state index >= 15 is 0 Å². The first kappa shape index (κ1) is 23.6. The molecule has 0 fully saturated rings. The third-order valence-electron chi connectivity index (χ3n) is 4.94. The lowest BCUT2D eigenvalue weighted by molar-refractivity contribution is -0.385. The standard InChI is InChI=1S/C24H17ClFN5O4/c1-35-22-12-19-16(24(28-13-27-19)29-15-7-8-18(26)17(25)10-15)11-20(22)30-23(32)9-6-14-4-2-3-5-21(14)31(33)34/h2-13H,1H3,(H,30,32)(H,27,28,29)/b9-6+. The zero-order valence-electron chi connectivity index (χ0n) is 18.2. The number of nitrogens with one attached hydrogen (secondary N) is 2. The van der Waals surface area contributed by atoms with E-state index in [1.165, 1.54) is 55.9 Å². The first-order valence-corrected chi connectivity index (χ1v) is 10.5. The highest BCUT2D eigenvalue weighted by Crippen LogP contribution is 2.33. The highest BCUT2D eigenvalue weighted by atomic mass is 35.5. The SMILES string of the molecule is COc1cc2ncnc(Nc3ccc(F)c(Cl)c3)c2cc1NC(=O)/C=C/c1ccccc1[N+](=O)[O-]. The molecule has 1 amide bonds. The predicted octanol–water partition coefficient (Wildman–Crippen LogP) is 5.73. The van der Waals surface area contributed by atoms with Gasteiger partial charge in [0, 0.05) is 29.3 Å². The van der Waals surface area contributed by atoms with Gasteiger partial charge in [-0.15, -0.1) is 0 Å². The van der Waals surface area contributed by atoms with E-state index < -0.39 is 16.6 Å². The van der Waals surface area contributed by atoms with Crippen LogP contribution in [-0.4, -0.2) is 27.9 Å². The molecule has 9 nitrogen and oxygen atoms in total. The van der Waals surface area contributed by atoms with Gasteiger partial charge >= 0.3 is 0 Å². The van der Waals surface area contributed by atoms with E-state index in [1.54, 1.807) is 24.3 Å². The number of carbonyl (C=O) groups excluding carboxylic acids is 1. The summed E-state index contributed by atoms with van der Waals surface area (Å²) in [4.78, 5) is 31.7. The first-order valence-electron chi connectivity index (χ1n) is 10.1. The Hall–Kier alpha value is -4.57. The van der Waals surface area contributed by atoms with Crippen molar-refractivity contribution in [2.75, 3.05) is 17.7 Å². The van der Waals surface area contributed by atoms with Crippen LogP contribution in [-0.2, 0) is 4.79 Å². The Kier molecular flexibility index (Phi) is 6.83. The van der Waals surface area contributed by atoms with Crippen molar-refractivity contribution in [1.29, 1.82) is 0 Å². The van der Waals surface area contributed by atoms with Gasteiger partial charge in [-0.3, -0.25) is 14.9 Å². The van der Waals surface area contributed by atoms with Crippen LogP contribution >= 0.6 is 11.6 Å². The van der Waals surface area contributed by atoms with E-state index in [0.717, 1.165) is 0 Å². The summed E-state index contributed by atoms with van der Waals surface area (Å²) in [6.07, 6.45) is 3.89. The Morgan fingerprint density at radius 2 is 1.97 bits per heavy atom. The Labute approximate surface area is 203 Å². The molecule has 11 heteroatoms. The van der Waals surface area contributed by atoms with Crippen LogP contribution in [0.1, 0.15) is 5.56 Å². The summed E-state index contributed by atoms with van der Waals surface area (Å²) in [5.41, 5.74) is 1.53. The average molecular weight is 494 g/mol. The fourth-order valence-corrected chi connectivity index (χ4v) is 3.48. The van der Waals surface area contributed by atoms with Crippen molar-refractivity contribution < 1.29 is 18.8 Å². The zero-order valence-corrected chi connectivity index (χ0v) is 18.9. The van der Waals surface area contributed by atoms with Crippen LogP contribution in [0.4, 0.5) is 27.3 Å². The Morgan fingerprint density at radius 3 is 2.71 bits per heavy atom. The third-order valence-corrected chi connectivity index (χ3v) is 5.23. The number of para-hydroxylation sites is 1. The monoisotopic (exact) mass is 493 g/mol. The van der Waals surface area contributed by atoms with E-state index in [4.69, 9.17) is 16.3 Å². The van der Waals surface area contributed by atoms with Gasteiger partial charge in [0.1, 0.15) is 23.7 Å². The molecule has 0 saturated carbocycles. The highest BCUT2D eigenvalue weighted by Gasteiger charge is 2.14. The number of hydrogen-bond donors (Lipinski definition) is 2. The van der Waals surface area contributed by atoms with E-state index in [-0.39, 0.29) is 16.3 Å². The fourth-order valence-electron chi connectivity index (χ4n) is 3.30. The van der Waals surface area contributed by atoms with Crippen LogP contribution in [0.15, 0.2) is 67.0 Å². The second-order valence-corrected chi connectivity index (χ2v) is 7.59. The van der Waals surface area contributed by atoms with Crippen molar-refractivity contribution in [2.45, 2.75) is 0 Å². The van der Waals surface area contributed by atoms with E-state index in [2.05, 4.69) is 20.6 Å². The molecule has 0 aliphatic heterocycles. The van der Waals surface area contributed by atoms with Gasteiger partial charge in [-0.05, 0) is 36.4 Å². The molecule has 0 atom stereocenters. The molecular weight excluding hydrogens is 477 g/mol. The summed E-state index contributed by atoms with van der Waals surface area (Å²) in [7, 11) is 1.45. The number of rotatable bonds is 7. The Balaban J connectivity index is 1.64. The molecule has 4 aromatic rings. The molecule has 0 saturated heterocycles. The number of ether oxygens (including phenoxy) is 1. The smallest absolute Gasteiger partial charge is 0.276 e. The normalized spacial score (nSPS) is 10.9. The van der Waals surface area contributed by atoms with Gasteiger partial charge in [-0.1, -0.05) is 23.7 Å². The maximum Gasteiger partial charge on any atom is 0.276 e. The minimum atomic E-state index is -0.548. The van der Waals surface area contributed by atoms with Gasteiger partial charge in [0.15, 0.2) is 0 Å². The number of amides is 1. The lowest BCUT2D eigenvalue weighted by Gasteiger charge is -2.13. The number of nitro benzene ring substituents is 1. The summed E-state index contributed by atoms with van der Waals surface area (Å²) in [6.45, 7) is 0. The second kappa shape index (κ2) is 10.1. The second-order valence-electron chi connectivity index (χ2n) is 7.18. The third kappa shape index (κ3) is 5.33. The van der Waals surface area contributed by atoms with Gasteiger partial charge in [0.25, 0.3) is 5.69 Å². The van der Waals surface area contributed by atoms with Crippen molar-refractivity contribution in [3.8, 4) is 5.75 Å². The number of carbonyl (C=O) groups is 1. The van der Waals surface area contributed by atoms with Gasteiger partial charge in [-0.2, -0.15) is 0 Å². The first-order chi connectivity index (χ1) is 16.9. The highest BCUT2D eigenvalue weighted by molar-refractivity contribution is 6.31. The lowest BCUT2D eigenvalue weighted by atomic mass is 10.1. The minimum Gasteiger partial charge on any atom is -0.494 e. The Morgan fingerprint density at radius 1 is 1.17 bits per heavy atom. The van der Waals surface area contributed by atoms with Crippen LogP contribution in [0.3, 0.4) is 0 Å². The molecule has 35 heavy (non-hydrogen) atoms. The number of methoxy groups -OCH3 is 1. The molecule has 0 aliphatic rings. The molecule has 1 heterocycles. The van der Waals surface area contributed by atoms with Crippen LogP contribution in [0.25, 0.3) is 17.0 Å². The summed E-state index contributed by atoms with van der Waals surface area (Å²) in [5.74, 6) is -0.337. The Bertz CT molecular complexity index is 1480. The number of fused-ring (bicyclic) bond motifs is 1. The average Bonchev–Trinajstić information content (AvgIpc) is 2.85. The molecule has 0 aliphatic carbocycles. The lowest BCUT2D eigenvalue weighted by Crippen LogP contribution is -2.09. The molecule has 2 N–H and O–H groups in total. The number of anilines is 3. The fraction of sp³-hybridized carbons (Fsp3) is 0.0417. The largest absolute Gasteiger partial charge is 0.494 e. The molecule has 0 radical (unpaired) electrons. The molecule has 0 unspecified atom stereocenters. The number of benzene rings is 3. The molecule has 3 aromatic carbocycles. The maximum atomic E-state index is 13.5. The summed E-state index contributed by atoms with van der Waals surface area (Å²) in [6, 6.07) is 13.5. The summed E-state index contributed by atoms with van der Waals surface area (Å²) in [5, 5.41) is 17.4. The van der Waals surface area contributed by atoms with Crippen molar-refractivity contribution in [3.63, 3.8) is 0 Å². The number of hydrogen-bond acceptors (Lipinski definition) is 7. The van der Waals surface area contributed by atoms with Crippen molar-refractivity contribution >= 4 is 57.4 Å². The number of halogens is 2. The van der Waals surface area contributed by atoms with Crippen LogP contribution < -0.4 is 15.4 Å². The predicted molar refractivity (Wildman–Crippen MR) is 132 cm³/mol. The van der Waals surface area contributed by atoms with Crippen molar-refractivity contribution in [3.05, 3.63) is 93.5 Å². The van der Waals surface area contributed by atoms with E-state index in [0.29, 0.717) is 33.8 Å². The quantitative estimate of drug-likeness (QED) is 0.191. The van der Waals surface area contributed by atoms with Crippen molar-refractivity contribution in [1.82, 2.24) is 9.97 Å². The molecule has 1 aromatic heterocycles. The van der Waals surface area contributed by atoms with Crippen molar-refractivity contribution in [2.24, 2.45) is 0 Å². The topological polar surface area (TPSA) is 119 Å². The minimum absolute atomic E-state index is 0.0478. The number of nitrogens with zero attached hydrogens (tertiary/aromatic N) is 3. The van der Waals surface area contributed by atoms with Crippen LogP contribution in [0.5, 0.6) is 5.75 Å². The van der Waals surface area contributed by atoms with E-state index in [9.17, 15) is 19.3 Å². The maximum absolute atomic E-state index is 13.5. The van der Waals surface area contributed by atoms with Crippen LogP contribution in [0, 0.1) is 15.9 Å². The van der Waals surface area contributed by atoms with E-state index in [1.807, 2.05) is 0 Å². The number of nitro groups is 1. The molecule has 0 spiro atoms. The molecular formula is C24H17ClFN5O4. The molecule has 176 valence electrons. The molecule has 0 bridgehead atoms.